The second-order valence-electron chi connectivity index (χ2n) is 5.90. The third-order valence-corrected chi connectivity index (χ3v) is 3.89. The number of methoxy groups -OCH3 is 1. The van der Waals surface area contributed by atoms with Crippen molar-refractivity contribution >= 4 is 17.7 Å². The zero-order chi connectivity index (χ0) is 18.9. The molecule has 0 atom stereocenters. The van der Waals surface area contributed by atoms with Gasteiger partial charge in [0.25, 0.3) is 0 Å². The summed E-state index contributed by atoms with van der Waals surface area (Å²) in [5, 5.41) is 2.83. The molecule has 1 amide bonds. The topological polar surface area (TPSA) is 47.6 Å². The van der Waals surface area contributed by atoms with Gasteiger partial charge in [-0.05, 0) is 53.6 Å². The van der Waals surface area contributed by atoms with Crippen LogP contribution in [0.3, 0.4) is 0 Å². The molecule has 3 rings (SSSR count). The van der Waals surface area contributed by atoms with Crippen LogP contribution in [0.1, 0.15) is 11.1 Å². The summed E-state index contributed by atoms with van der Waals surface area (Å²) in [6.45, 7) is 0.510. The van der Waals surface area contributed by atoms with Crippen LogP contribution in [0.25, 0.3) is 6.08 Å². The van der Waals surface area contributed by atoms with Crippen LogP contribution in [0, 0.1) is 0 Å². The molecule has 0 aliphatic rings. The van der Waals surface area contributed by atoms with Crippen molar-refractivity contribution in [1.82, 2.24) is 0 Å². The van der Waals surface area contributed by atoms with Crippen molar-refractivity contribution in [3.63, 3.8) is 0 Å². The Kier molecular flexibility index (Phi) is 6.26. The monoisotopic (exact) mass is 359 g/mol. The lowest BCUT2D eigenvalue weighted by Gasteiger charge is -2.07. The van der Waals surface area contributed by atoms with Gasteiger partial charge in [0.05, 0.1) is 7.11 Å². The standard InChI is InChI=1S/C23H21NO3/c1-26-22-9-5-8-18(16-22)10-15-23(25)24-20-11-13-21(14-12-20)27-17-19-6-3-2-4-7-19/h2-16H,17H2,1H3,(H,24,25)/b15-10+. The molecule has 0 saturated heterocycles. The molecule has 4 heteroatoms. The smallest absolute Gasteiger partial charge is 0.248 e. The first-order valence-electron chi connectivity index (χ1n) is 8.63. The van der Waals surface area contributed by atoms with Crippen LogP contribution < -0.4 is 14.8 Å². The fraction of sp³-hybridized carbons (Fsp3) is 0.0870. The summed E-state index contributed by atoms with van der Waals surface area (Å²) in [6.07, 6.45) is 3.24. The molecule has 0 aliphatic heterocycles. The SMILES string of the molecule is COc1cccc(/C=C/C(=O)Nc2ccc(OCc3ccccc3)cc2)c1. The number of hydrogen-bond donors (Lipinski definition) is 1. The van der Waals surface area contributed by atoms with Gasteiger partial charge in [0, 0.05) is 11.8 Å². The third-order valence-electron chi connectivity index (χ3n) is 3.89. The molecule has 0 heterocycles. The van der Waals surface area contributed by atoms with Crippen molar-refractivity contribution < 1.29 is 14.3 Å². The first kappa shape index (κ1) is 18.3. The predicted octanol–water partition coefficient (Wildman–Crippen LogP) is 4.93. The van der Waals surface area contributed by atoms with Gasteiger partial charge in [0.15, 0.2) is 0 Å². The van der Waals surface area contributed by atoms with Crippen LogP contribution in [0.4, 0.5) is 5.69 Å². The predicted molar refractivity (Wildman–Crippen MR) is 108 cm³/mol. The summed E-state index contributed by atoms with van der Waals surface area (Å²) in [6, 6.07) is 24.8. The van der Waals surface area contributed by atoms with E-state index in [0.29, 0.717) is 12.3 Å². The van der Waals surface area contributed by atoms with E-state index in [4.69, 9.17) is 9.47 Å². The Morgan fingerprint density at radius 1 is 0.926 bits per heavy atom. The summed E-state index contributed by atoms with van der Waals surface area (Å²) >= 11 is 0. The lowest BCUT2D eigenvalue weighted by Crippen LogP contribution is -2.07. The molecule has 0 fully saturated rings. The molecule has 0 bridgehead atoms. The van der Waals surface area contributed by atoms with E-state index >= 15 is 0 Å². The maximum Gasteiger partial charge on any atom is 0.248 e. The first-order chi connectivity index (χ1) is 13.2. The van der Waals surface area contributed by atoms with Crippen molar-refractivity contribution in [3.8, 4) is 11.5 Å². The Morgan fingerprint density at radius 3 is 2.44 bits per heavy atom. The second-order valence-corrected chi connectivity index (χ2v) is 5.90. The van der Waals surface area contributed by atoms with Crippen LogP contribution in [-0.2, 0) is 11.4 Å². The summed E-state index contributed by atoms with van der Waals surface area (Å²) in [5.74, 6) is 1.31. The molecule has 0 aromatic heterocycles. The van der Waals surface area contributed by atoms with Gasteiger partial charge in [0.1, 0.15) is 18.1 Å². The molecule has 0 unspecified atom stereocenters. The molecule has 0 saturated carbocycles. The van der Waals surface area contributed by atoms with Gasteiger partial charge < -0.3 is 14.8 Å². The van der Waals surface area contributed by atoms with Crippen LogP contribution in [-0.4, -0.2) is 13.0 Å². The van der Waals surface area contributed by atoms with Gasteiger partial charge in [0.2, 0.25) is 5.91 Å². The Bertz CT molecular complexity index is 902. The highest BCUT2D eigenvalue weighted by atomic mass is 16.5. The maximum absolute atomic E-state index is 12.1. The molecule has 27 heavy (non-hydrogen) atoms. The minimum absolute atomic E-state index is 0.198. The Balaban J connectivity index is 1.52. The van der Waals surface area contributed by atoms with E-state index in [1.165, 1.54) is 6.08 Å². The number of benzene rings is 3. The lowest BCUT2D eigenvalue weighted by molar-refractivity contribution is -0.111. The average molecular weight is 359 g/mol. The second kappa shape index (κ2) is 9.25. The fourth-order valence-corrected chi connectivity index (χ4v) is 2.48. The van der Waals surface area contributed by atoms with Crippen molar-refractivity contribution in [2.24, 2.45) is 0 Å². The number of anilines is 1. The Morgan fingerprint density at radius 2 is 1.70 bits per heavy atom. The van der Waals surface area contributed by atoms with Crippen molar-refractivity contribution in [2.45, 2.75) is 6.61 Å². The highest BCUT2D eigenvalue weighted by Crippen LogP contribution is 2.18. The number of ether oxygens (including phenoxy) is 2. The maximum atomic E-state index is 12.1. The third kappa shape index (κ3) is 5.75. The van der Waals surface area contributed by atoms with Gasteiger partial charge in [-0.3, -0.25) is 4.79 Å². The molecular weight excluding hydrogens is 338 g/mol. The van der Waals surface area contributed by atoms with Gasteiger partial charge in [-0.2, -0.15) is 0 Å². The summed E-state index contributed by atoms with van der Waals surface area (Å²) in [4.78, 5) is 12.1. The molecule has 136 valence electrons. The van der Waals surface area contributed by atoms with Gasteiger partial charge in [-0.25, -0.2) is 0 Å². The molecule has 3 aromatic carbocycles. The van der Waals surface area contributed by atoms with E-state index in [0.717, 1.165) is 22.6 Å². The van der Waals surface area contributed by atoms with Crippen LogP contribution in [0.2, 0.25) is 0 Å². The highest BCUT2D eigenvalue weighted by molar-refractivity contribution is 6.01. The van der Waals surface area contributed by atoms with E-state index in [1.807, 2.05) is 78.9 Å². The minimum atomic E-state index is -0.198. The van der Waals surface area contributed by atoms with Gasteiger partial charge >= 0.3 is 0 Å². The van der Waals surface area contributed by atoms with Crippen LogP contribution >= 0.6 is 0 Å². The van der Waals surface area contributed by atoms with E-state index in [-0.39, 0.29) is 5.91 Å². The number of amides is 1. The average Bonchev–Trinajstić information content (AvgIpc) is 2.73. The van der Waals surface area contributed by atoms with Crippen LogP contribution in [0.5, 0.6) is 11.5 Å². The van der Waals surface area contributed by atoms with Gasteiger partial charge in [-0.1, -0.05) is 42.5 Å². The number of carbonyl (C=O) groups excluding carboxylic acids is 1. The summed E-state index contributed by atoms with van der Waals surface area (Å²) in [5.41, 5.74) is 2.72. The molecule has 0 spiro atoms. The molecule has 0 aliphatic carbocycles. The first-order valence-corrected chi connectivity index (χ1v) is 8.63. The van der Waals surface area contributed by atoms with Crippen molar-refractivity contribution in [3.05, 3.63) is 96.1 Å². The highest BCUT2D eigenvalue weighted by Gasteiger charge is 2.00. The molecule has 0 radical (unpaired) electrons. The quantitative estimate of drug-likeness (QED) is 0.609. The van der Waals surface area contributed by atoms with Crippen molar-refractivity contribution in [1.29, 1.82) is 0 Å². The zero-order valence-electron chi connectivity index (χ0n) is 15.1. The number of rotatable bonds is 7. The van der Waals surface area contributed by atoms with E-state index in [2.05, 4.69) is 5.32 Å². The van der Waals surface area contributed by atoms with E-state index in [1.54, 1.807) is 13.2 Å². The summed E-state index contributed by atoms with van der Waals surface area (Å²) < 4.78 is 10.9. The van der Waals surface area contributed by atoms with Crippen LogP contribution in [0.15, 0.2) is 84.9 Å². The normalized spacial score (nSPS) is 10.6. The largest absolute Gasteiger partial charge is 0.497 e. The summed E-state index contributed by atoms with van der Waals surface area (Å²) in [7, 11) is 1.61. The Hall–Kier alpha value is -3.53. The number of nitrogens with one attached hydrogen (secondary N) is 1. The molecular formula is C23H21NO3. The van der Waals surface area contributed by atoms with Gasteiger partial charge in [-0.15, -0.1) is 0 Å². The fourth-order valence-electron chi connectivity index (χ4n) is 2.48. The molecule has 4 nitrogen and oxygen atoms in total. The van der Waals surface area contributed by atoms with E-state index < -0.39 is 0 Å². The minimum Gasteiger partial charge on any atom is -0.497 e. The molecule has 1 N–H and O–H groups in total. The number of carbonyl (C=O) groups is 1. The Labute approximate surface area is 159 Å². The van der Waals surface area contributed by atoms with E-state index in [9.17, 15) is 4.79 Å². The lowest BCUT2D eigenvalue weighted by atomic mass is 10.2. The van der Waals surface area contributed by atoms with Crippen molar-refractivity contribution in [2.75, 3.05) is 12.4 Å². The zero-order valence-corrected chi connectivity index (χ0v) is 15.1. The number of hydrogen-bond acceptors (Lipinski definition) is 3. The molecule has 3 aromatic rings.